The summed E-state index contributed by atoms with van der Waals surface area (Å²) in [6.45, 7) is 3.77. The summed E-state index contributed by atoms with van der Waals surface area (Å²) in [5.41, 5.74) is 8.13. The van der Waals surface area contributed by atoms with Gasteiger partial charge >= 0.3 is 0 Å². The molecule has 100 valence electrons. The molecule has 3 N–H and O–H groups in total. The molecule has 3 nitrogen and oxygen atoms in total. The van der Waals surface area contributed by atoms with Crippen LogP contribution in [0.3, 0.4) is 0 Å². The second-order valence-corrected chi connectivity index (χ2v) is 5.54. The van der Waals surface area contributed by atoms with Crippen molar-refractivity contribution in [1.29, 1.82) is 0 Å². The standard InChI is InChI=1S/C15H18N2OS/c1-11-9-12(15(16)18)4-5-13(11)10-17-7-6-14-3-2-8-19-14/h2-5,8-9,17H,6-7,10H2,1H3,(H2,16,18). The van der Waals surface area contributed by atoms with Crippen molar-refractivity contribution >= 4 is 17.2 Å². The molecule has 19 heavy (non-hydrogen) atoms. The molecule has 0 aliphatic carbocycles. The first kappa shape index (κ1) is 13.8. The van der Waals surface area contributed by atoms with E-state index in [1.807, 2.05) is 19.1 Å². The van der Waals surface area contributed by atoms with Crippen molar-refractivity contribution in [1.82, 2.24) is 5.32 Å². The molecule has 1 heterocycles. The lowest BCUT2D eigenvalue weighted by molar-refractivity contribution is 0.1000. The lowest BCUT2D eigenvalue weighted by Gasteiger charge is -2.08. The Morgan fingerprint density at radius 1 is 1.37 bits per heavy atom. The van der Waals surface area contributed by atoms with E-state index in [4.69, 9.17) is 5.73 Å². The molecule has 2 aromatic rings. The van der Waals surface area contributed by atoms with Gasteiger partial charge in [0.2, 0.25) is 5.91 Å². The maximum atomic E-state index is 11.1. The minimum absolute atomic E-state index is 0.375. The highest BCUT2D eigenvalue weighted by Crippen LogP contribution is 2.11. The Bertz CT molecular complexity index is 549. The SMILES string of the molecule is Cc1cc(C(N)=O)ccc1CNCCc1cccs1. The Morgan fingerprint density at radius 3 is 2.84 bits per heavy atom. The van der Waals surface area contributed by atoms with Crippen LogP contribution in [0.1, 0.15) is 26.4 Å². The topological polar surface area (TPSA) is 55.1 Å². The van der Waals surface area contributed by atoms with Crippen LogP contribution in [0.4, 0.5) is 0 Å². The van der Waals surface area contributed by atoms with Crippen molar-refractivity contribution in [2.45, 2.75) is 19.9 Å². The average molecular weight is 274 g/mol. The van der Waals surface area contributed by atoms with E-state index in [1.165, 1.54) is 10.4 Å². The van der Waals surface area contributed by atoms with Gasteiger partial charge < -0.3 is 11.1 Å². The minimum Gasteiger partial charge on any atom is -0.366 e. The maximum absolute atomic E-state index is 11.1. The van der Waals surface area contributed by atoms with Crippen molar-refractivity contribution in [2.75, 3.05) is 6.54 Å². The summed E-state index contributed by atoms with van der Waals surface area (Å²) in [4.78, 5) is 12.5. The molecule has 0 aliphatic rings. The van der Waals surface area contributed by atoms with Crippen molar-refractivity contribution < 1.29 is 4.79 Å². The fourth-order valence-corrected chi connectivity index (χ4v) is 2.65. The van der Waals surface area contributed by atoms with Crippen LogP contribution in [0.5, 0.6) is 0 Å². The monoisotopic (exact) mass is 274 g/mol. The number of rotatable bonds is 6. The lowest BCUT2D eigenvalue weighted by atomic mass is 10.0. The van der Waals surface area contributed by atoms with Gasteiger partial charge in [-0.3, -0.25) is 4.79 Å². The number of benzene rings is 1. The number of aryl methyl sites for hydroxylation is 1. The number of nitrogens with one attached hydrogen (secondary N) is 1. The normalized spacial score (nSPS) is 10.6. The fraction of sp³-hybridized carbons (Fsp3) is 0.267. The van der Waals surface area contributed by atoms with E-state index in [0.29, 0.717) is 5.56 Å². The van der Waals surface area contributed by atoms with Gasteiger partial charge in [-0.25, -0.2) is 0 Å². The van der Waals surface area contributed by atoms with E-state index in [1.54, 1.807) is 17.4 Å². The predicted octanol–water partition coefficient (Wildman–Crippen LogP) is 2.49. The van der Waals surface area contributed by atoms with Crippen LogP contribution in [0.25, 0.3) is 0 Å². The Hall–Kier alpha value is -1.65. The quantitative estimate of drug-likeness (QED) is 0.795. The molecule has 1 amide bonds. The summed E-state index contributed by atoms with van der Waals surface area (Å²) in [5, 5.41) is 5.52. The summed E-state index contributed by atoms with van der Waals surface area (Å²) in [6, 6.07) is 9.82. The van der Waals surface area contributed by atoms with Gasteiger partial charge in [0.15, 0.2) is 0 Å². The van der Waals surface area contributed by atoms with Crippen molar-refractivity contribution in [3.8, 4) is 0 Å². The first-order valence-electron chi connectivity index (χ1n) is 6.29. The van der Waals surface area contributed by atoms with Gasteiger partial charge in [0.25, 0.3) is 0 Å². The number of carbonyl (C=O) groups excluding carboxylic acids is 1. The van der Waals surface area contributed by atoms with Gasteiger partial charge in [-0.05, 0) is 48.1 Å². The summed E-state index contributed by atoms with van der Waals surface area (Å²) in [5.74, 6) is -0.375. The smallest absolute Gasteiger partial charge is 0.248 e. The number of hydrogen-bond acceptors (Lipinski definition) is 3. The molecule has 0 unspecified atom stereocenters. The van der Waals surface area contributed by atoms with Crippen LogP contribution in [-0.2, 0) is 13.0 Å². The maximum Gasteiger partial charge on any atom is 0.248 e. The highest BCUT2D eigenvalue weighted by Gasteiger charge is 2.04. The molecule has 1 aromatic heterocycles. The van der Waals surface area contributed by atoms with Crippen LogP contribution in [0.15, 0.2) is 35.7 Å². The number of hydrogen-bond donors (Lipinski definition) is 2. The molecule has 2 rings (SSSR count). The van der Waals surface area contributed by atoms with Crippen LogP contribution < -0.4 is 11.1 Å². The highest BCUT2D eigenvalue weighted by molar-refractivity contribution is 7.09. The second-order valence-electron chi connectivity index (χ2n) is 4.51. The molecule has 0 saturated carbocycles. The van der Waals surface area contributed by atoms with Gasteiger partial charge in [0, 0.05) is 23.5 Å². The molecule has 0 fully saturated rings. The molecule has 0 saturated heterocycles. The molecule has 0 aliphatic heterocycles. The first-order valence-corrected chi connectivity index (χ1v) is 7.17. The van der Waals surface area contributed by atoms with Gasteiger partial charge in [-0.1, -0.05) is 12.1 Å². The Balaban J connectivity index is 1.84. The third-order valence-corrected chi connectivity index (χ3v) is 4.01. The number of carbonyl (C=O) groups is 1. The van der Waals surface area contributed by atoms with Crippen LogP contribution in [0.2, 0.25) is 0 Å². The van der Waals surface area contributed by atoms with Gasteiger partial charge in [0.05, 0.1) is 0 Å². The summed E-state index contributed by atoms with van der Waals surface area (Å²) >= 11 is 1.79. The summed E-state index contributed by atoms with van der Waals surface area (Å²) in [6.07, 6.45) is 1.05. The number of primary amides is 1. The summed E-state index contributed by atoms with van der Waals surface area (Å²) < 4.78 is 0. The van der Waals surface area contributed by atoms with Gasteiger partial charge in [0.1, 0.15) is 0 Å². The molecular formula is C15H18N2OS. The van der Waals surface area contributed by atoms with Gasteiger partial charge in [-0.15, -0.1) is 11.3 Å². The average Bonchev–Trinajstić information content (AvgIpc) is 2.89. The molecular weight excluding hydrogens is 256 g/mol. The predicted molar refractivity (Wildman–Crippen MR) is 79.4 cm³/mol. The number of thiophene rings is 1. The van der Waals surface area contributed by atoms with E-state index in [9.17, 15) is 4.79 Å². The molecule has 0 spiro atoms. The highest BCUT2D eigenvalue weighted by atomic mass is 32.1. The Kier molecular flexibility index (Phi) is 4.71. The number of nitrogens with two attached hydrogens (primary N) is 1. The number of amides is 1. The van der Waals surface area contributed by atoms with E-state index in [2.05, 4.69) is 22.8 Å². The zero-order valence-electron chi connectivity index (χ0n) is 11.0. The van der Waals surface area contributed by atoms with E-state index in [-0.39, 0.29) is 5.91 Å². The lowest BCUT2D eigenvalue weighted by Crippen LogP contribution is -2.17. The van der Waals surface area contributed by atoms with E-state index < -0.39 is 0 Å². The van der Waals surface area contributed by atoms with Gasteiger partial charge in [-0.2, -0.15) is 0 Å². The van der Waals surface area contributed by atoms with Crippen LogP contribution >= 0.6 is 11.3 Å². The van der Waals surface area contributed by atoms with Crippen molar-refractivity contribution in [2.24, 2.45) is 5.73 Å². The largest absolute Gasteiger partial charge is 0.366 e. The van der Waals surface area contributed by atoms with Crippen LogP contribution in [-0.4, -0.2) is 12.5 Å². The minimum atomic E-state index is -0.375. The van der Waals surface area contributed by atoms with E-state index in [0.717, 1.165) is 25.1 Å². The molecule has 4 heteroatoms. The van der Waals surface area contributed by atoms with Crippen molar-refractivity contribution in [3.05, 3.63) is 57.3 Å². The summed E-state index contributed by atoms with van der Waals surface area (Å²) in [7, 11) is 0. The zero-order chi connectivity index (χ0) is 13.7. The first-order chi connectivity index (χ1) is 9.16. The third-order valence-electron chi connectivity index (χ3n) is 3.07. The zero-order valence-corrected chi connectivity index (χ0v) is 11.8. The van der Waals surface area contributed by atoms with Crippen LogP contribution in [0, 0.1) is 6.92 Å². The fourth-order valence-electron chi connectivity index (χ4n) is 1.94. The Morgan fingerprint density at radius 2 is 2.21 bits per heavy atom. The van der Waals surface area contributed by atoms with E-state index >= 15 is 0 Å². The second kappa shape index (κ2) is 6.50. The molecule has 0 atom stereocenters. The third kappa shape index (κ3) is 3.91. The Labute approximate surface area is 117 Å². The van der Waals surface area contributed by atoms with Crippen molar-refractivity contribution in [3.63, 3.8) is 0 Å². The molecule has 1 aromatic carbocycles. The molecule has 0 radical (unpaired) electrons. The molecule has 0 bridgehead atoms.